The van der Waals surface area contributed by atoms with E-state index in [2.05, 4.69) is 51.4 Å². The second-order valence-corrected chi connectivity index (χ2v) is 4.86. The van der Waals surface area contributed by atoms with Crippen molar-refractivity contribution in [2.24, 2.45) is 0 Å². The number of aryl methyl sites for hydroxylation is 1. The smallest absolute Gasteiger partial charge is 0.213 e. The summed E-state index contributed by atoms with van der Waals surface area (Å²) in [6.45, 7) is 2.73. The fourth-order valence-corrected chi connectivity index (χ4v) is 2.25. The predicted molar refractivity (Wildman–Crippen MR) is 77.0 cm³/mol. The molecule has 0 saturated carbocycles. The van der Waals surface area contributed by atoms with Crippen molar-refractivity contribution >= 4 is 21.6 Å². The highest BCUT2D eigenvalue weighted by Gasteiger charge is 2.01. The second-order valence-electron chi connectivity index (χ2n) is 4.01. The Labute approximate surface area is 115 Å². The summed E-state index contributed by atoms with van der Waals surface area (Å²) in [5.41, 5.74) is 3.24. The second kappa shape index (κ2) is 5.87. The average Bonchev–Trinajstić information content (AvgIpc) is 2.38. The third-order valence-electron chi connectivity index (χ3n) is 2.57. The van der Waals surface area contributed by atoms with E-state index in [9.17, 15) is 0 Å². The molecule has 0 aliphatic heterocycles. The third kappa shape index (κ3) is 3.23. The van der Waals surface area contributed by atoms with E-state index in [1.165, 1.54) is 5.56 Å². The van der Waals surface area contributed by atoms with E-state index in [4.69, 9.17) is 4.74 Å². The van der Waals surface area contributed by atoms with Gasteiger partial charge in [0.05, 0.1) is 19.3 Å². The van der Waals surface area contributed by atoms with Crippen LogP contribution in [0.3, 0.4) is 0 Å². The van der Waals surface area contributed by atoms with E-state index >= 15 is 0 Å². The van der Waals surface area contributed by atoms with E-state index in [1.807, 2.05) is 18.2 Å². The summed E-state index contributed by atoms with van der Waals surface area (Å²) in [5.74, 6) is 0.636. The van der Waals surface area contributed by atoms with Crippen LogP contribution in [-0.2, 0) is 6.54 Å². The molecule has 0 atom stereocenters. The van der Waals surface area contributed by atoms with Gasteiger partial charge in [0.2, 0.25) is 5.88 Å². The summed E-state index contributed by atoms with van der Waals surface area (Å²) in [4.78, 5) is 4.35. The molecule has 0 radical (unpaired) electrons. The van der Waals surface area contributed by atoms with Crippen molar-refractivity contribution in [3.8, 4) is 5.88 Å². The Kier molecular flexibility index (Phi) is 4.20. The molecule has 0 unspecified atom stereocenters. The van der Waals surface area contributed by atoms with Crippen molar-refractivity contribution in [2.45, 2.75) is 13.5 Å². The zero-order chi connectivity index (χ0) is 13.0. The third-order valence-corrected chi connectivity index (χ3v) is 3.23. The molecular formula is C14H15BrN2O. The first-order chi connectivity index (χ1) is 8.69. The minimum atomic E-state index is 0.636. The number of hydrogen-bond donors (Lipinski definition) is 1. The van der Waals surface area contributed by atoms with Crippen LogP contribution in [0.25, 0.3) is 0 Å². The van der Waals surface area contributed by atoms with Gasteiger partial charge in [-0.2, -0.15) is 0 Å². The summed E-state index contributed by atoms with van der Waals surface area (Å²) >= 11 is 3.54. The van der Waals surface area contributed by atoms with Crippen LogP contribution in [0.5, 0.6) is 5.88 Å². The lowest BCUT2D eigenvalue weighted by molar-refractivity contribution is 0.396. The maximum Gasteiger partial charge on any atom is 0.213 e. The molecule has 1 aromatic carbocycles. The summed E-state index contributed by atoms with van der Waals surface area (Å²) in [6, 6.07) is 12.0. The zero-order valence-electron chi connectivity index (χ0n) is 10.4. The Morgan fingerprint density at radius 3 is 2.83 bits per heavy atom. The molecular weight excluding hydrogens is 292 g/mol. The molecule has 2 rings (SSSR count). The Hall–Kier alpha value is -1.55. The number of aromatic nitrogens is 1. The molecule has 94 valence electrons. The minimum absolute atomic E-state index is 0.636. The number of halogens is 1. The number of nitrogens with zero attached hydrogens (tertiary/aromatic N) is 1. The van der Waals surface area contributed by atoms with Crippen LogP contribution in [-0.4, -0.2) is 12.1 Å². The first-order valence-corrected chi connectivity index (χ1v) is 6.48. The average molecular weight is 307 g/mol. The molecule has 1 N–H and O–H groups in total. The summed E-state index contributed by atoms with van der Waals surface area (Å²) in [7, 11) is 1.62. The molecule has 0 fully saturated rings. The molecule has 0 bridgehead atoms. The number of benzene rings is 1. The van der Waals surface area contributed by atoms with Crippen molar-refractivity contribution in [1.82, 2.24) is 4.98 Å². The maximum atomic E-state index is 5.10. The van der Waals surface area contributed by atoms with Crippen LogP contribution in [0.2, 0.25) is 0 Å². The lowest BCUT2D eigenvalue weighted by atomic mass is 10.2. The van der Waals surface area contributed by atoms with E-state index in [1.54, 1.807) is 7.11 Å². The van der Waals surface area contributed by atoms with Crippen LogP contribution < -0.4 is 10.1 Å². The first kappa shape index (κ1) is 12.9. The summed E-state index contributed by atoms with van der Waals surface area (Å²) in [6.07, 6.45) is 0. The van der Waals surface area contributed by atoms with Gasteiger partial charge in [-0.05, 0) is 46.6 Å². The van der Waals surface area contributed by atoms with Crippen molar-refractivity contribution < 1.29 is 4.74 Å². The fraction of sp³-hybridized carbons (Fsp3) is 0.214. The van der Waals surface area contributed by atoms with Gasteiger partial charge >= 0.3 is 0 Å². The van der Waals surface area contributed by atoms with Gasteiger partial charge in [-0.3, -0.25) is 0 Å². The van der Waals surface area contributed by atoms with Gasteiger partial charge in [-0.25, -0.2) is 4.98 Å². The van der Waals surface area contributed by atoms with Crippen molar-refractivity contribution in [3.63, 3.8) is 0 Å². The Bertz CT molecular complexity index is 543. The topological polar surface area (TPSA) is 34.1 Å². The van der Waals surface area contributed by atoms with Crippen LogP contribution >= 0.6 is 15.9 Å². The highest BCUT2D eigenvalue weighted by molar-refractivity contribution is 9.10. The SMILES string of the molecule is COc1cccc(CNc2ccc(C)cc2Br)n1. The molecule has 3 nitrogen and oxygen atoms in total. The van der Waals surface area contributed by atoms with Crippen molar-refractivity contribution in [2.75, 3.05) is 12.4 Å². The predicted octanol–water partition coefficient (Wildman–Crippen LogP) is 3.77. The molecule has 0 aliphatic carbocycles. The van der Waals surface area contributed by atoms with Gasteiger partial charge < -0.3 is 10.1 Å². The van der Waals surface area contributed by atoms with Crippen LogP contribution in [0.4, 0.5) is 5.69 Å². The van der Waals surface area contributed by atoms with E-state index < -0.39 is 0 Å². The standard InChI is InChI=1S/C14H15BrN2O/c1-10-6-7-13(12(15)8-10)16-9-11-4-3-5-14(17-11)18-2/h3-8,16H,9H2,1-2H3. The van der Waals surface area contributed by atoms with Crippen LogP contribution in [0.1, 0.15) is 11.3 Å². The van der Waals surface area contributed by atoms with Crippen molar-refractivity contribution in [1.29, 1.82) is 0 Å². The number of rotatable bonds is 4. The molecule has 0 aliphatic rings. The lowest BCUT2D eigenvalue weighted by Gasteiger charge is -2.09. The summed E-state index contributed by atoms with van der Waals surface area (Å²) < 4.78 is 6.16. The monoisotopic (exact) mass is 306 g/mol. The van der Waals surface area contributed by atoms with Gasteiger partial charge in [0, 0.05) is 16.2 Å². The molecule has 4 heteroatoms. The maximum absolute atomic E-state index is 5.10. The lowest BCUT2D eigenvalue weighted by Crippen LogP contribution is -2.03. The van der Waals surface area contributed by atoms with Crippen LogP contribution in [0, 0.1) is 6.92 Å². The van der Waals surface area contributed by atoms with Gasteiger partial charge in [-0.1, -0.05) is 12.1 Å². The highest BCUT2D eigenvalue weighted by atomic mass is 79.9. The number of nitrogens with one attached hydrogen (secondary N) is 1. The van der Waals surface area contributed by atoms with E-state index in [0.717, 1.165) is 15.9 Å². The Morgan fingerprint density at radius 1 is 1.28 bits per heavy atom. The molecule has 18 heavy (non-hydrogen) atoms. The molecule has 0 spiro atoms. The van der Waals surface area contributed by atoms with E-state index in [0.29, 0.717) is 12.4 Å². The molecule has 0 amide bonds. The minimum Gasteiger partial charge on any atom is -0.481 e. The zero-order valence-corrected chi connectivity index (χ0v) is 12.0. The van der Waals surface area contributed by atoms with Crippen LogP contribution in [0.15, 0.2) is 40.9 Å². The van der Waals surface area contributed by atoms with Gasteiger partial charge in [-0.15, -0.1) is 0 Å². The van der Waals surface area contributed by atoms with E-state index in [-0.39, 0.29) is 0 Å². The number of methoxy groups -OCH3 is 1. The van der Waals surface area contributed by atoms with Gasteiger partial charge in [0.25, 0.3) is 0 Å². The number of pyridine rings is 1. The normalized spacial score (nSPS) is 10.2. The molecule has 1 aromatic heterocycles. The van der Waals surface area contributed by atoms with Gasteiger partial charge in [0.15, 0.2) is 0 Å². The molecule has 1 heterocycles. The first-order valence-electron chi connectivity index (χ1n) is 5.69. The summed E-state index contributed by atoms with van der Waals surface area (Å²) in [5, 5.41) is 3.34. The quantitative estimate of drug-likeness (QED) is 0.933. The fourth-order valence-electron chi connectivity index (χ4n) is 1.62. The molecule has 2 aromatic rings. The highest BCUT2D eigenvalue weighted by Crippen LogP contribution is 2.23. The number of ether oxygens (including phenoxy) is 1. The molecule has 0 saturated heterocycles. The van der Waals surface area contributed by atoms with Gasteiger partial charge in [0.1, 0.15) is 0 Å². The van der Waals surface area contributed by atoms with Crippen molar-refractivity contribution in [3.05, 3.63) is 52.1 Å². The Balaban J connectivity index is 2.06. The Morgan fingerprint density at radius 2 is 2.11 bits per heavy atom. The number of anilines is 1. The largest absolute Gasteiger partial charge is 0.481 e. The number of hydrogen-bond acceptors (Lipinski definition) is 3.